The zero-order valence-corrected chi connectivity index (χ0v) is 9.43. The first-order chi connectivity index (χ1) is 6.68. The molecule has 1 fully saturated rings. The Kier molecular flexibility index (Phi) is 2.49. The van der Waals surface area contributed by atoms with Gasteiger partial charge in [-0.2, -0.15) is 0 Å². The van der Waals surface area contributed by atoms with Crippen molar-refractivity contribution in [1.29, 1.82) is 0 Å². The third-order valence-corrected chi connectivity index (χ3v) is 3.26. The zero-order valence-electron chi connectivity index (χ0n) is 9.43. The van der Waals surface area contributed by atoms with Crippen LogP contribution in [0.1, 0.15) is 29.5 Å². The molecular formula is C13H19N. The van der Waals surface area contributed by atoms with Gasteiger partial charge in [0.05, 0.1) is 0 Å². The van der Waals surface area contributed by atoms with E-state index in [-0.39, 0.29) is 0 Å². The van der Waals surface area contributed by atoms with Crippen molar-refractivity contribution >= 4 is 5.69 Å². The Morgan fingerprint density at radius 1 is 0.857 bits per heavy atom. The van der Waals surface area contributed by atoms with Crippen LogP contribution in [0.2, 0.25) is 0 Å². The van der Waals surface area contributed by atoms with Crippen LogP contribution >= 0.6 is 0 Å². The quantitative estimate of drug-likeness (QED) is 0.655. The molecule has 0 aliphatic carbocycles. The summed E-state index contributed by atoms with van der Waals surface area (Å²) in [4.78, 5) is 2.52. The molecule has 0 unspecified atom stereocenters. The first-order valence-corrected chi connectivity index (χ1v) is 5.51. The molecule has 2 rings (SSSR count). The van der Waals surface area contributed by atoms with Gasteiger partial charge in [-0.3, -0.25) is 0 Å². The predicted molar refractivity (Wildman–Crippen MR) is 62.1 cm³/mol. The Bertz CT molecular complexity index is 335. The maximum atomic E-state index is 2.52. The maximum absolute atomic E-state index is 2.52. The van der Waals surface area contributed by atoms with E-state index >= 15 is 0 Å². The van der Waals surface area contributed by atoms with E-state index in [1.54, 1.807) is 0 Å². The van der Waals surface area contributed by atoms with Crippen LogP contribution in [-0.2, 0) is 0 Å². The van der Waals surface area contributed by atoms with E-state index in [0.29, 0.717) is 0 Å². The van der Waals surface area contributed by atoms with Gasteiger partial charge >= 0.3 is 0 Å². The van der Waals surface area contributed by atoms with Gasteiger partial charge in [0, 0.05) is 18.8 Å². The fourth-order valence-corrected chi connectivity index (χ4v) is 2.24. The summed E-state index contributed by atoms with van der Waals surface area (Å²) >= 11 is 0. The van der Waals surface area contributed by atoms with Gasteiger partial charge < -0.3 is 4.90 Å². The standard InChI is InChI=1S/C13H19N/c1-10-8-12(3)13(9-11(10)2)14-6-4-5-7-14/h8-9H,4-7H2,1-3H3. The lowest BCUT2D eigenvalue weighted by molar-refractivity contribution is 0.949. The van der Waals surface area contributed by atoms with Gasteiger partial charge in [0.25, 0.3) is 0 Å². The monoisotopic (exact) mass is 189 g/mol. The summed E-state index contributed by atoms with van der Waals surface area (Å²) in [5.74, 6) is 0. The molecule has 1 nitrogen and oxygen atoms in total. The van der Waals surface area contributed by atoms with E-state index in [4.69, 9.17) is 0 Å². The minimum absolute atomic E-state index is 1.24. The topological polar surface area (TPSA) is 3.24 Å². The molecule has 0 radical (unpaired) electrons. The van der Waals surface area contributed by atoms with E-state index in [0.717, 1.165) is 0 Å². The molecule has 1 aliphatic rings. The van der Waals surface area contributed by atoms with Crippen LogP contribution in [0.3, 0.4) is 0 Å². The second-order valence-corrected chi connectivity index (χ2v) is 4.42. The van der Waals surface area contributed by atoms with Crippen molar-refractivity contribution in [2.75, 3.05) is 18.0 Å². The van der Waals surface area contributed by atoms with Crippen LogP contribution in [0.25, 0.3) is 0 Å². The number of hydrogen-bond donors (Lipinski definition) is 0. The van der Waals surface area contributed by atoms with Crippen LogP contribution in [0.15, 0.2) is 12.1 Å². The lowest BCUT2D eigenvalue weighted by Gasteiger charge is -2.21. The smallest absolute Gasteiger partial charge is 0.0398 e. The summed E-state index contributed by atoms with van der Waals surface area (Å²) in [6.45, 7) is 9.09. The van der Waals surface area contributed by atoms with Crippen LogP contribution in [0, 0.1) is 20.8 Å². The van der Waals surface area contributed by atoms with Crippen molar-refractivity contribution in [1.82, 2.24) is 0 Å². The highest BCUT2D eigenvalue weighted by Crippen LogP contribution is 2.26. The molecule has 1 aromatic carbocycles. The normalized spacial score (nSPS) is 16.4. The number of rotatable bonds is 1. The van der Waals surface area contributed by atoms with E-state index in [9.17, 15) is 0 Å². The van der Waals surface area contributed by atoms with Crippen LogP contribution < -0.4 is 4.90 Å². The third kappa shape index (κ3) is 1.63. The summed E-state index contributed by atoms with van der Waals surface area (Å²) < 4.78 is 0. The Morgan fingerprint density at radius 3 is 2.07 bits per heavy atom. The summed E-state index contributed by atoms with van der Waals surface area (Å²) in [5, 5.41) is 0. The fourth-order valence-electron chi connectivity index (χ4n) is 2.24. The maximum Gasteiger partial charge on any atom is 0.0398 e. The number of anilines is 1. The van der Waals surface area contributed by atoms with Crippen molar-refractivity contribution in [3.8, 4) is 0 Å². The van der Waals surface area contributed by atoms with E-state index < -0.39 is 0 Å². The first-order valence-electron chi connectivity index (χ1n) is 5.51. The number of nitrogens with zero attached hydrogens (tertiary/aromatic N) is 1. The summed E-state index contributed by atoms with van der Waals surface area (Å²) in [6, 6.07) is 4.65. The van der Waals surface area contributed by atoms with Gasteiger partial charge in [0.15, 0.2) is 0 Å². The molecule has 1 aliphatic heterocycles. The van der Waals surface area contributed by atoms with Gasteiger partial charge in [-0.1, -0.05) is 6.07 Å². The van der Waals surface area contributed by atoms with E-state index in [2.05, 4.69) is 37.8 Å². The van der Waals surface area contributed by atoms with Gasteiger partial charge in [0.1, 0.15) is 0 Å². The molecule has 0 bridgehead atoms. The Balaban J connectivity index is 2.37. The molecule has 1 heterocycles. The van der Waals surface area contributed by atoms with Crippen LogP contribution in [0.4, 0.5) is 5.69 Å². The molecule has 0 spiro atoms. The molecule has 0 saturated carbocycles. The number of benzene rings is 1. The molecular weight excluding hydrogens is 170 g/mol. The predicted octanol–water partition coefficient (Wildman–Crippen LogP) is 3.21. The van der Waals surface area contributed by atoms with Gasteiger partial charge in [-0.25, -0.2) is 0 Å². The van der Waals surface area contributed by atoms with Crippen molar-refractivity contribution in [2.24, 2.45) is 0 Å². The average Bonchev–Trinajstić information content (AvgIpc) is 2.64. The minimum Gasteiger partial charge on any atom is -0.371 e. The summed E-state index contributed by atoms with van der Waals surface area (Å²) in [6.07, 6.45) is 2.71. The van der Waals surface area contributed by atoms with Gasteiger partial charge in [0.2, 0.25) is 0 Å². The minimum atomic E-state index is 1.24. The largest absolute Gasteiger partial charge is 0.371 e. The Labute approximate surface area is 86.7 Å². The van der Waals surface area contributed by atoms with Gasteiger partial charge in [-0.05, 0) is 56.4 Å². The number of aryl methyl sites for hydroxylation is 3. The fraction of sp³-hybridized carbons (Fsp3) is 0.538. The molecule has 1 heteroatoms. The molecule has 0 aromatic heterocycles. The molecule has 14 heavy (non-hydrogen) atoms. The van der Waals surface area contributed by atoms with Crippen LogP contribution in [-0.4, -0.2) is 13.1 Å². The lowest BCUT2D eigenvalue weighted by Crippen LogP contribution is -2.18. The summed E-state index contributed by atoms with van der Waals surface area (Å²) in [7, 11) is 0. The number of hydrogen-bond acceptors (Lipinski definition) is 1. The van der Waals surface area contributed by atoms with Crippen molar-refractivity contribution in [3.05, 3.63) is 28.8 Å². The van der Waals surface area contributed by atoms with Crippen molar-refractivity contribution < 1.29 is 0 Å². The van der Waals surface area contributed by atoms with E-state index in [1.807, 2.05) is 0 Å². The molecule has 0 N–H and O–H groups in total. The average molecular weight is 189 g/mol. The van der Waals surface area contributed by atoms with E-state index in [1.165, 1.54) is 48.3 Å². The highest BCUT2D eigenvalue weighted by molar-refractivity contribution is 5.57. The third-order valence-electron chi connectivity index (χ3n) is 3.26. The zero-order chi connectivity index (χ0) is 10.1. The second kappa shape index (κ2) is 3.64. The lowest BCUT2D eigenvalue weighted by atomic mass is 10.0. The Hall–Kier alpha value is -0.980. The molecule has 1 saturated heterocycles. The van der Waals surface area contributed by atoms with Crippen LogP contribution in [0.5, 0.6) is 0 Å². The van der Waals surface area contributed by atoms with Gasteiger partial charge in [-0.15, -0.1) is 0 Å². The first kappa shape index (κ1) is 9.57. The highest BCUT2D eigenvalue weighted by Gasteiger charge is 2.14. The highest BCUT2D eigenvalue weighted by atomic mass is 15.1. The molecule has 0 amide bonds. The summed E-state index contributed by atoms with van der Waals surface area (Å²) in [5.41, 5.74) is 5.70. The SMILES string of the molecule is Cc1cc(C)c(N2CCCC2)cc1C. The second-order valence-electron chi connectivity index (χ2n) is 4.42. The molecule has 1 aromatic rings. The van der Waals surface area contributed by atoms with Crippen molar-refractivity contribution in [3.63, 3.8) is 0 Å². The Morgan fingerprint density at radius 2 is 1.43 bits per heavy atom. The molecule has 76 valence electrons. The van der Waals surface area contributed by atoms with Crippen molar-refractivity contribution in [2.45, 2.75) is 33.6 Å². The molecule has 0 atom stereocenters.